The van der Waals surface area contributed by atoms with Gasteiger partial charge in [-0.1, -0.05) is 45.7 Å². The Hall–Kier alpha value is -0.850. The van der Waals surface area contributed by atoms with Crippen molar-refractivity contribution in [3.63, 3.8) is 0 Å². The van der Waals surface area contributed by atoms with Crippen LogP contribution in [0.4, 0.5) is 4.39 Å². The number of halogens is 1. The maximum absolute atomic E-state index is 13.8. The Morgan fingerprint density at radius 1 is 1.12 bits per heavy atom. The lowest BCUT2D eigenvalue weighted by atomic mass is 9.84. The van der Waals surface area contributed by atoms with Crippen LogP contribution < -0.4 is 0 Å². The van der Waals surface area contributed by atoms with Gasteiger partial charge in [-0.2, -0.15) is 0 Å². The van der Waals surface area contributed by atoms with Gasteiger partial charge in [-0.15, -0.1) is 0 Å². The van der Waals surface area contributed by atoms with Crippen LogP contribution in [-0.4, -0.2) is 0 Å². The van der Waals surface area contributed by atoms with Crippen LogP contribution in [0.25, 0.3) is 0 Å². The van der Waals surface area contributed by atoms with Gasteiger partial charge in [0.05, 0.1) is 0 Å². The van der Waals surface area contributed by atoms with Crippen molar-refractivity contribution in [2.24, 2.45) is 0 Å². The average Bonchev–Trinajstić information content (AvgIpc) is 2.69. The Morgan fingerprint density at radius 2 is 1.75 bits per heavy atom. The van der Waals surface area contributed by atoms with E-state index in [0.717, 1.165) is 18.4 Å². The van der Waals surface area contributed by atoms with Crippen molar-refractivity contribution >= 4 is 0 Å². The fourth-order valence-electron chi connectivity index (χ4n) is 2.56. The minimum absolute atomic E-state index is 0.0140. The summed E-state index contributed by atoms with van der Waals surface area (Å²) in [4.78, 5) is 0. The van der Waals surface area contributed by atoms with E-state index in [4.69, 9.17) is 0 Å². The second kappa shape index (κ2) is 4.20. The van der Waals surface area contributed by atoms with E-state index in [1.165, 1.54) is 18.4 Å². The number of rotatable bonds is 1. The molecule has 16 heavy (non-hydrogen) atoms. The van der Waals surface area contributed by atoms with Gasteiger partial charge in [0, 0.05) is 0 Å². The van der Waals surface area contributed by atoms with E-state index in [9.17, 15) is 4.39 Å². The number of benzene rings is 1. The first kappa shape index (κ1) is 11.6. The van der Waals surface area contributed by atoms with Crippen molar-refractivity contribution in [2.45, 2.75) is 57.8 Å². The molecule has 1 aromatic carbocycles. The monoisotopic (exact) mass is 220 g/mol. The minimum Gasteiger partial charge on any atom is -0.207 e. The molecule has 0 N–H and O–H groups in total. The van der Waals surface area contributed by atoms with Crippen molar-refractivity contribution < 1.29 is 4.39 Å². The Kier molecular flexibility index (Phi) is 3.05. The van der Waals surface area contributed by atoms with Crippen molar-refractivity contribution in [1.82, 2.24) is 0 Å². The fourth-order valence-corrected chi connectivity index (χ4v) is 2.56. The molecule has 0 saturated heterocycles. The summed E-state index contributed by atoms with van der Waals surface area (Å²) >= 11 is 0. The predicted molar refractivity (Wildman–Crippen MR) is 66.3 cm³/mol. The molecule has 0 radical (unpaired) electrons. The molecule has 1 aromatic rings. The summed E-state index contributed by atoms with van der Waals surface area (Å²) in [5.41, 5.74) is 2.31. The quantitative estimate of drug-likeness (QED) is 0.639. The van der Waals surface area contributed by atoms with E-state index in [1.54, 1.807) is 6.07 Å². The zero-order valence-electron chi connectivity index (χ0n) is 10.5. The molecule has 0 aromatic heterocycles. The molecule has 0 unspecified atom stereocenters. The van der Waals surface area contributed by atoms with Crippen LogP contribution in [0.1, 0.15) is 63.5 Å². The predicted octanol–water partition coefficient (Wildman–Crippen LogP) is 4.78. The molecule has 0 heterocycles. The lowest BCUT2D eigenvalue weighted by Gasteiger charge is -2.21. The van der Waals surface area contributed by atoms with Crippen molar-refractivity contribution in [3.05, 3.63) is 35.1 Å². The highest BCUT2D eigenvalue weighted by atomic mass is 19.1. The van der Waals surface area contributed by atoms with Crippen LogP contribution >= 0.6 is 0 Å². The molecule has 1 fully saturated rings. The number of hydrogen-bond donors (Lipinski definition) is 0. The van der Waals surface area contributed by atoms with Crippen LogP contribution in [0.3, 0.4) is 0 Å². The largest absolute Gasteiger partial charge is 0.207 e. The summed E-state index contributed by atoms with van der Waals surface area (Å²) in [5, 5.41) is 0. The average molecular weight is 220 g/mol. The molecule has 0 spiro atoms. The standard InChI is InChI=1S/C15H21F/c1-15(2,3)12-8-9-14(16)13(10-12)11-6-4-5-7-11/h8-11H,4-7H2,1-3H3. The molecule has 1 aliphatic carbocycles. The third kappa shape index (κ3) is 2.28. The topological polar surface area (TPSA) is 0 Å². The van der Waals surface area contributed by atoms with E-state index in [-0.39, 0.29) is 11.2 Å². The summed E-state index contributed by atoms with van der Waals surface area (Å²) in [6, 6.07) is 5.66. The van der Waals surface area contributed by atoms with Gasteiger partial charge in [-0.05, 0) is 41.4 Å². The minimum atomic E-state index is -0.0140. The van der Waals surface area contributed by atoms with Gasteiger partial charge in [0.25, 0.3) is 0 Å². The molecule has 1 aliphatic rings. The maximum Gasteiger partial charge on any atom is 0.126 e. The van der Waals surface area contributed by atoms with Gasteiger partial charge < -0.3 is 0 Å². The summed E-state index contributed by atoms with van der Waals surface area (Å²) in [6.45, 7) is 6.54. The summed E-state index contributed by atoms with van der Waals surface area (Å²) in [7, 11) is 0. The van der Waals surface area contributed by atoms with E-state index in [0.29, 0.717) is 5.92 Å². The SMILES string of the molecule is CC(C)(C)c1ccc(F)c(C2CCCC2)c1. The van der Waals surface area contributed by atoms with Gasteiger partial charge in [-0.3, -0.25) is 0 Å². The fraction of sp³-hybridized carbons (Fsp3) is 0.600. The molecule has 2 rings (SSSR count). The van der Waals surface area contributed by atoms with Crippen LogP contribution in [-0.2, 0) is 5.41 Å². The van der Waals surface area contributed by atoms with Gasteiger partial charge in [0.1, 0.15) is 5.82 Å². The highest BCUT2D eigenvalue weighted by molar-refractivity contribution is 5.32. The zero-order valence-corrected chi connectivity index (χ0v) is 10.5. The summed E-state index contributed by atoms with van der Waals surface area (Å²) < 4.78 is 13.8. The van der Waals surface area contributed by atoms with E-state index < -0.39 is 0 Å². The first-order valence-electron chi connectivity index (χ1n) is 6.28. The van der Waals surface area contributed by atoms with Gasteiger partial charge >= 0.3 is 0 Å². The van der Waals surface area contributed by atoms with Gasteiger partial charge in [0.2, 0.25) is 0 Å². The summed E-state index contributed by atoms with van der Waals surface area (Å²) in [5.74, 6) is 0.446. The molecular weight excluding hydrogens is 199 g/mol. The van der Waals surface area contributed by atoms with Crippen molar-refractivity contribution in [2.75, 3.05) is 0 Å². The van der Waals surface area contributed by atoms with Crippen molar-refractivity contribution in [3.8, 4) is 0 Å². The first-order valence-corrected chi connectivity index (χ1v) is 6.28. The molecule has 0 atom stereocenters. The smallest absolute Gasteiger partial charge is 0.126 e. The summed E-state index contributed by atoms with van der Waals surface area (Å²) in [6.07, 6.45) is 4.82. The van der Waals surface area contributed by atoms with Crippen LogP contribution in [0.5, 0.6) is 0 Å². The van der Waals surface area contributed by atoms with E-state index in [1.807, 2.05) is 6.07 Å². The third-order valence-electron chi connectivity index (χ3n) is 3.66. The lowest BCUT2D eigenvalue weighted by Crippen LogP contribution is -2.12. The van der Waals surface area contributed by atoms with Crippen molar-refractivity contribution in [1.29, 1.82) is 0 Å². The molecule has 1 saturated carbocycles. The second-order valence-electron chi connectivity index (χ2n) is 5.97. The molecule has 0 nitrogen and oxygen atoms in total. The second-order valence-corrected chi connectivity index (χ2v) is 5.97. The lowest BCUT2D eigenvalue weighted by molar-refractivity contribution is 0.560. The van der Waals surface area contributed by atoms with Gasteiger partial charge in [0.15, 0.2) is 0 Å². The molecule has 88 valence electrons. The van der Waals surface area contributed by atoms with Crippen LogP contribution in [0.15, 0.2) is 18.2 Å². The van der Waals surface area contributed by atoms with Crippen LogP contribution in [0.2, 0.25) is 0 Å². The molecular formula is C15H21F. The van der Waals surface area contributed by atoms with E-state index in [2.05, 4.69) is 26.8 Å². The maximum atomic E-state index is 13.8. The Balaban J connectivity index is 2.36. The number of hydrogen-bond acceptors (Lipinski definition) is 0. The zero-order chi connectivity index (χ0) is 11.8. The van der Waals surface area contributed by atoms with Gasteiger partial charge in [-0.25, -0.2) is 4.39 Å². The highest BCUT2D eigenvalue weighted by Crippen LogP contribution is 2.37. The molecule has 0 bridgehead atoms. The van der Waals surface area contributed by atoms with E-state index >= 15 is 0 Å². The normalized spacial score (nSPS) is 18.0. The third-order valence-corrected chi connectivity index (χ3v) is 3.66. The highest BCUT2D eigenvalue weighted by Gasteiger charge is 2.22. The molecule has 1 heteroatoms. The molecule has 0 amide bonds. The molecule has 0 aliphatic heterocycles. The Bertz CT molecular complexity index is 368. The first-order chi connectivity index (χ1) is 7.48. The van der Waals surface area contributed by atoms with Crippen LogP contribution in [0, 0.1) is 5.82 Å². The Morgan fingerprint density at radius 3 is 2.31 bits per heavy atom. The Labute approximate surface area is 97.9 Å².